The van der Waals surface area contributed by atoms with Crippen molar-refractivity contribution in [2.75, 3.05) is 11.9 Å². The zero-order valence-corrected chi connectivity index (χ0v) is 10.6. The lowest BCUT2D eigenvalue weighted by Crippen LogP contribution is -2.19. The molecule has 1 N–H and O–H groups in total. The molecule has 5 nitrogen and oxygen atoms in total. The number of hydrogen-bond donors (Lipinski definition) is 1. The molecule has 2 aromatic rings. The van der Waals surface area contributed by atoms with Crippen molar-refractivity contribution in [1.82, 2.24) is 10.1 Å². The highest BCUT2D eigenvalue weighted by atomic mass is 19.4. The van der Waals surface area contributed by atoms with Crippen LogP contribution in [0.5, 0.6) is 5.75 Å². The highest BCUT2D eigenvalue weighted by Gasteiger charge is 2.28. The lowest BCUT2D eigenvalue weighted by Gasteiger charge is -2.10. The summed E-state index contributed by atoms with van der Waals surface area (Å²) in [7, 11) is 0. The molecule has 0 atom stereocenters. The molecule has 0 aliphatic carbocycles. The number of hydrogen-bond acceptors (Lipinski definition) is 5. The van der Waals surface area contributed by atoms with Crippen molar-refractivity contribution in [1.29, 1.82) is 0 Å². The van der Waals surface area contributed by atoms with Gasteiger partial charge in [-0.1, -0.05) is 11.2 Å². The molecule has 0 amide bonds. The minimum atomic E-state index is -4.36. The van der Waals surface area contributed by atoms with Gasteiger partial charge in [-0.15, -0.1) is 0 Å². The van der Waals surface area contributed by atoms with Gasteiger partial charge in [0.1, 0.15) is 5.75 Å². The zero-order valence-electron chi connectivity index (χ0n) is 10.6. The number of anilines is 1. The minimum absolute atomic E-state index is 0.133. The van der Waals surface area contributed by atoms with Gasteiger partial charge in [0, 0.05) is 11.8 Å². The molecule has 0 saturated carbocycles. The highest BCUT2D eigenvalue weighted by molar-refractivity contribution is 5.48. The summed E-state index contributed by atoms with van der Waals surface area (Å²) in [6.45, 7) is 0.654. The van der Waals surface area contributed by atoms with E-state index in [4.69, 9.17) is 4.52 Å². The third kappa shape index (κ3) is 4.45. The number of aryl methyl sites for hydroxylation is 1. The topological polar surface area (TPSA) is 60.2 Å². The Balaban J connectivity index is 1.92. The summed E-state index contributed by atoms with van der Waals surface area (Å²) < 4.78 is 45.7. The summed E-state index contributed by atoms with van der Waals surface area (Å²) >= 11 is 0. The fraction of sp³-hybridized carbons (Fsp3) is 0.333. The summed E-state index contributed by atoms with van der Waals surface area (Å²) in [5, 5.41) is 6.58. The molecular weight excluding hydrogens is 275 g/mol. The van der Waals surface area contributed by atoms with Crippen molar-refractivity contribution in [3.63, 3.8) is 0 Å². The van der Waals surface area contributed by atoms with E-state index in [1.807, 2.05) is 0 Å². The molecule has 0 saturated heterocycles. The lowest BCUT2D eigenvalue weighted by molar-refractivity contribution is -0.153. The first-order valence-corrected chi connectivity index (χ1v) is 5.75. The molecule has 1 aromatic heterocycles. The Kier molecular flexibility index (Phi) is 4.11. The molecule has 0 bridgehead atoms. The van der Waals surface area contributed by atoms with Crippen LogP contribution in [0.15, 0.2) is 28.8 Å². The predicted octanol–water partition coefficient (Wildman–Crippen LogP) is 2.93. The van der Waals surface area contributed by atoms with E-state index in [0.29, 0.717) is 17.4 Å². The van der Waals surface area contributed by atoms with Gasteiger partial charge in [0.2, 0.25) is 5.89 Å². The lowest BCUT2D eigenvalue weighted by atomic mass is 10.3. The maximum atomic E-state index is 12.0. The van der Waals surface area contributed by atoms with E-state index >= 15 is 0 Å². The maximum absolute atomic E-state index is 12.0. The van der Waals surface area contributed by atoms with E-state index in [1.54, 1.807) is 19.1 Å². The molecule has 1 heterocycles. The fourth-order valence-corrected chi connectivity index (χ4v) is 1.45. The normalized spacial score (nSPS) is 11.4. The molecule has 20 heavy (non-hydrogen) atoms. The van der Waals surface area contributed by atoms with Crippen molar-refractivity contribution in [3.05, 3.63) is 36.0 Å². The van der Waals surface area contributed by atoms with E-state index in [0.717, 1.165) is 0 Å². The van der Waals surface area contributed by atoms with Gasteiger partial charge in [0.15, 0.2) is 12.4 Å². The average molecular weight is 287 g/mol. The van der Waals surface area contributed by atoms with Gasteiger partial charge in [-0.3, -0.25) is 0 Å². The molecule has 0 spiro atoms. The third-order valence-corrected chi connectivity index (χ3v) is 2.25. The van der Waals surface area contributed by atoms with E-state index < -0.39 is 12.8 Å². The van der Waals surface area contributed by atoms with Crippen molar-refractivity contribution < 1.29 is 22.4 Å². The number of nitrogens with one attached hydrogen (secondary N) is 1. The first-order valence-electron chi connectivity index (χ1n) is 5.75. The molecule has 2 rings (SSSR count). The van der Waals surface area contributed by atoms with E-state index in [1.165, 1.54) is 12.1 Å². The molecule has 0 aliphatic rings. The van der Waals surface area contributed by atoms with Gasteiger partial charge in [-0.2, -0.15) is 18.2 Å². The molecule has 8 heteroatoms. The Morgan fingerprint density at radius 3 is 2.80 bits per heavy atom. The average Bonchev–Trinajstić information content (AvgIpc) is 2.80. The van der Waals surface area contributed by atoms with Crippen molar-refractivity contribution in [3.8, 4) is 5.75 Å². The van der Waals surface area contributed by atoms with Crippen LogP contribution >= 0.6 is 0 Å². The van der Waals surface area contributed by atoms with Gasteiger partial charge in [-0.05, 0) is 19.1 Å². The Labute approximate surface area is 112 Å². The van der Waals surface area contributed by atoms with Crippen LogP contribution in [0.4, 0.5) is 18.9 Å². The van der Waals surface area contributed by atoms with Crippen LogP contribution in [0, 0.1) is 6.92 Å². The standard InChI is InChI=1S/C12H12F3N3O2/c1-8-17-11(20-18-8)6-16-9-3-2-4-10(5-9)19-7-12(13,14)15/h2-5,16H,6-7H2,1H3. The molecule has 0 radical (unpaired) electrons. The van der Waals surface area contributed by atoms with Gasteiger partial charge in [0.25, 0.3) is 0 Å². The number of ether oxygens (including phenoxy) is 1. The summed E-state index contributed by atoms with van der Waals surface area (Å²) in [6.07, 6.45) is -4.36. The largest absolute Gasteiger partial charge is 0.484 e. The van der Waals surface area contributed by atoms with Crippen LogP contribution in [-0.4, -0.2) is 22.9 Å². The van der Waals surface area contributed by atoms with Crippen LogP contribution in [0.3, 0.4) is 0 Å². The SMILES string of the molecule is Cc1noc(CNc2cccc(OCC(F)(F)F)c2)n1. The Morgan fingerprint density at radius 2 is 2.15 bits per heavy atom. The first-order chi connectivity index (χ1) is 9.42. The molecule has 0 aliphatic heterocycles. The minimum Gasteiger partial charge on any atom is -0.484 e. The summed E-state index contributed by atoms with van der Waals surface area (Å²) in [5.74, 6) is 1.04. The number of nitrogens with zero attached hydrogens (tertiary/aromatic N) is 2. The molecule has 1 aromatic carbocycles. The van der Waals surface area contributed by atoms with Gasteiger partial charge >= 0.3 is 6.18 Å². The fourth-order valence-electron chi connectivity index (χ4n) is 1.45. The highest BCUT2D eigenvalue weighted by Crippen LogP contribution is 2.21. The Morgan fingerprint density at radius 1 is 1.35 bits per heavy atom. The first kappa shape index (κ1) is 14.2. The summed E-state index contributed by atoms with van der Waals surface area (Å²) in [6, 6.07) is 6.21. The van der Waals surface area contributed by atoms with E-state index in [9.17, 15) is 13.2 Å². The quantitative estimate of drug-likeness (QED) is 0.916. The number of alkyl halides is 3. The predicted molar refractivity (Wildman–Crippen MR) is 64.4 cm³/mol. The monoisotopic (exact) mass is 287 g/mol. The number of rotatable bonds is 5. The van der Waals surface area contributed by atoms with Crippen molar-refractivity contribution >= 4 is 5.69 Å². The van der Waals surface area contributed by atoms with Crippen LogP contribution in [0.1, 0.15) is 11.7 Å². The number of aromatic nitrogens is 2. The van der Waals surface area contributed by atoms with Gasteiger partial charge in [-0.25, -0.2) is 0 Å². The third-order valence-electron chi connectivity index (χ3n) is 2.25. The second-order valence-electron chi connectivity index (χ2n) is 4.02. The molecular formula is C12H12F3N3O2. The van der Waals surface area contributed by atoms with Crippen LogP contribution in [0.2, 0.25) is 0 Å². The van der Waals surface area contributed by atoms with Crippen molar-refractivity contribution in [2.24, 2.45) is 0 Å². The molecule has 0 fully saturated rings. The smallest absolute Gasteiger partial charge is 0.422 e. The van der Waals surface area contributed by atoms with Crippen LogP contribution < -0.4 is 10.1 Å². The molecule has 0 unspecified atom stereocenters. The number of benzene rings is 1. The van der Waals surface area contributed by atoms with Gasteiger partial charge in [0.05, 0.1) is 6.54 Å². The van der Waals surface area contributed by atoms with Crippen molar-refractivity contribution in [2.45, 2.75) is 19.6 Å². The molecule has 108 valence electrons. The second-order valence-corrected chi connectivity index (χ2v) is 4.02. The number of halogens is 3. The Bertz CT molecular complexity index is 569. The summed E-state index contributed by atoms with van der Waals surface area (Å²) in [5.41, 5.74) is 0.598. The maximum Gasteiger partial charge on any atom is 0.422 e. The zero-order chi connectivity index (χ0) is 14.6. The van der Waals surface area contributed by atoms with Crippen LogP contribution in [0.25, 0.3) is 0 Å². The van der Waals surface area contributed by atoms with E-state index in [-0.39, 0.29) is 12.3 Å². The van der Waals surface area contributed by atoms with Gasteiger partial charge < -0.3 is 14.6 Å². The summed E-state index contributed by atoms with van der Waals surface area (Å²) in [4.78, 5) is 4.00. The second kappa shape index (κ2) is 5.81. The van der Waals surface area contributed by atoms with Crippen LogP contribution in [-0.2, 0) is 6.54 Å². The Hall–Kier alpha value is -2.25. The van der Waals surface area contributed by atoms with E-state index in [2.05, 4.69) is 20.2 Å².